The van der Waals surface area contributed by atoms with Gasteiger partial charge in [-0.05, 0) is 38.5 Å². The third kappa shape index (κ3) is 36.3. The first-order valence-corrected chi connectivity index (χ1v) is 25.0. The van der Waals surface area contributed by atoms with E-state index in [4.69, 9.17) is 23.3 Å². The van der Waals surface area contributed by atoms with E-state index in [9.17, 15) is 19.0 Å². The van der Waals surface area contributed by atoms with E-state index in [0.29, 0.717) is 29.7 Å². The minimum Gasteiger partial charge on any atom is -0.462 e. The third-order valence-electron chi connectivity index (χ3n) is 10.7. The molecule has 1 fully saturated rings. The molecular weight excluding hydrogens is 741 g/mol. The van der Waals surface area contributed by atoms with Crippen LogP contribution in [-0.4, -0.2) is 87.1 Å². The predicted octanol–water partition coefficient (Wildman–Crippen LogP) is 12.3. The van der Waals surface area contributed by atoms with Crippen LogP contribution in [0, 0.1) is 0 Å². The SMILES string of the molecule is CCCCC/C=C\CC1OC1CCCCCCCC(=O)O[C@H](COC(=O)CCCCCCCCCCCCCCCCCCC)COP(=O)(O)OCC[N+](C)(C)C. The Bertz CT molecular complexity index is 1050. The Morgan fingerprint density at radius 2 is 1.12 bits per heavy atom. The predicted molar refractivity (Wildman–Crippen MR) is 233 cm³/mol. The summed E-state index contributed by atoms with van der Waals surface area (Å²) in [5, 5.41) is 0. The number of rotatable bonds is 42. The molecule has 0 aliphatic carbocycles. The van der Waals surface area contributed by atoms with Gasteiger partial charge in [-0.15, -0.1) is 0 Å². The van der Waals surface area contributed by atoms with E-state index < -0.39 is 26.5 Å². The zero-order valence-electron chi connectivity index (χ0n) is 37.5. The van der Waals surface area contributed by atoms with Gasteiger partial charge >= 0.3 is 19.8 Å². The molecule has 57 heavy (non-hydrogen) atoms. The molecule has 10 nitrogen and oxygen atoms in total. The number of carbonyl (C=O) groups is 2. The van der Waals surface area contributed by atoms with Crippen LogP contribution >= 0.6 is 7.82 Å². The standard InChI is InChI=1S/C46H88NO9P/c1-6-8-10-12-14-15-16-17-18-19-20-21-22-23-24-28-32-36-45(48)52-40-42(41-54-57(50,51)53-39-38-47(3,4)5)55-46(49)37-33-29-25-27-31-35-44-43(56-44)34-30-26-13-11-9-7-2/h26,30,42-44H,6-25,27-29,31-41H2,1-5H3/p+1/b30-26-/t42-,43?,44?/m1/s1. The van der Waals surface area contributed by atoms with Crippen molar-refractivity contribution in [1.29, 1.82) is 0 Å². The average Bonchev–Trinajstić information content (AvgIpc) is 3.92. The first-order valence-electron chi connectivity index (χ1n) is 23.5. The van der Waals surface area contributed by atoms with E-state index in [-0.39, 0.29) is 32.0 Å². The summed E-state index contributed by atoms with van der Waals surface area (Å²) in [6.07, 6.45) is 38.4. The number of likely N-dealkylation sites (N-methyl/N-ethyl adjacent to an activating group) is 1. The number of quaternary nitrogens is 1. The van der Waals surface area contributed by atoms with Crippen molar-refractivity contribution in [3.05, 3.63) is 12.2 Å². The molecule has 0 aromatic rings. The Morgan fingerprint density at radius 3 is 1.67 bits per heavy atom. The molecule has 1 aliphatic heterocycles. The molecule has 1 aliphatic rings. The number of hydrogen-bond donors (Lipinski definition) is 1. The Hall–Kier alpha value is -1.29. The number of carbonyl (C=O) groups excluding carboxylic acids is 2. The van der Waals surface area contributed by atoms with Crippen LogP contribution in [0.25, 0.3) is 0 Å². The molecule has 1 heterocycles. The number of nitrogens with zero attached hydrogens (tertiary/aromatic N) is 1. The molecule has 0 spiro atoms. The molecule has 0 amide bonds. The number of hydrogen-bond acceptors (Lipinski definition) is 8. The zero-order valence-corrected chi connectivity index (χ0v) is 38.4. The second-order valence-corrected chi connectivity index (χ2v) is 19.0. The van der Waals surface area contributed by atoms with E-state index in [1.807, 2.05) is 21.1 Å². The Kier molecular flexibility index (Phi) is 33.4. The van der Waals surface area contributed by atoms with Crippen molar-refractivity contribution in [3.63, 3.8) is 0 Å². The largest absolute Gasteiger partial charge is 0.472 e. The lowest BCUT2D eigenvalue weighted by atomic mass is 10.0. The van der Waals surface area contributed by atoms with E-state index in [0.717, 1.165) is 64.2 Å². The summed E-state index contributed by atoms with van der Waals surface area (Å²) in [5.74, 6) is -0.811. The molecule has 0 aromatic carbocycles. The number of esters is 2. The number of ether oxygens (including phenoxy) is 3. The van der Waals surface area contributed by atoms with Gasteiger partial charge < -0.3 is 23.6 Å². The van der Waals surface area contributed by atoms with Crippen molar-refractivity contribution in [2.24, 2.45) is 0 Å². The maximum Gasteiger partial charge on any atom is 0.472 e. The summed E-state index contributed by atoms with van der Waals surface area (Å²) >= 11 is 0. The second kappa shape index (κ2) is 35.5. The molecule has 1 saturated heterocycles. The van der Waals surface area contributed by atoms with Gasteiger partial charge in [0, 0.05) is 12.8 Å². The third-order valence-corrected chi connectivity index (χ3v) is 11.7. The molecule has 0 bridgehead atoms. The highest BCUT2D eigenvalue weighted by Crippen LogP contribution is 2.43. The number of phosphoric acid groups is 1. The Balaban J connectivity index is 2.25. The highest BCUT2D eigenvalue weighted by molar-refractivity contribution is 7.47. The molecule has 11 heteroatoms. The lowest BCUT2D eigenvalue weighted by Gasteiger charge is -2.24. The van der Waals surface area contributed by atoms with Crippen molar-refractivity contribution in [1.82, 2.24) is 0 Å². The topological polar surface area (TPSA) is 121 Å². The first-order chi connectivity index (χ1) is 27.5. The summed E-state index contributed by atoms with van der Waals surface area (Å²) in [6, 6.07) is 0. The van der Waals surface area contributed by atoms with Gasteiger partial charge in [0.15, 0.2) is 6.10 Å². The Labute approximate surface area is 350 Å². The molecular formula is C46H89NO9P+. The van der Waals surface area contributed by atoms with Crippen molar-refractivity contribution in [2.45, 2.75) is 225 Å². The highest BCUT2D eigenvalue weighted by atomic mass is 31.2. The maximum absolute atomic E-state index is 12.7. The van der Waals surface area contributed by atoms with Crippen molar-refractivity contribution >= 4 is 19.8 Å². The summed E-state index contributed by atoms with van der Waals surface area (Å²) in [7, 11) is 1.47. The number of epoxide rings is 1. The zero-order chi connectivity index (χ0) is 41.9. The smallest absolute Gasteiger partial charge is 0.462 e. The van der Waals surface area contributed by atoms with Crippen LogP contribution in [0.2, 0.25) is 0 Å². The van der Waals surface area contributed by atoms with E-state index in [2.05, 4.69) is 26.0 Å². The van der Waals surface area contributed by atoms with Crippen LogP contribution in [0.5, 0.6) is 0 Å². The number of unbranched alkanes of at least 4 members (excludes halogenated alkanes) is 23. The summed E-state index contributed by atoms with van der Waals surface area (Å²) in [6.45, 7) is 4.39. The van der Waals surface area contributed by atoms with Crippen LogP contribution in [0.3, 0.4) is 0 Å². The van der Waals surface area contributed by atoms with Gasteiger partial charge in [-0.2, -0.15) is 0 Å². The number of allylic oxidation sites excluding steroid dienone is 1. The number of phosphoric ester groups is 1. The summed E-state index contributed by atoms with van der Waals surface area (Å²) in [4.78, 5) is 35.5. The van der Waals surface area contributed by atoms with Crippen molar-refractivity contribution < 1.29 is 46.8 Å². The maximum atomic E-state index is 12.7. The molecule has 336 valence electrons. The summed E-state index contributed by atoms with van der Waals surface area (Å²) < 4.78 is 40.2. The van der Waals surface area contributed by atoms with Crippen LogP contribution in [-0.2, 0) is 37.4 Å². The molecule has 1 rings (SSSR count). The van der Waals surface area contributed by atoms with E-state index in [1.165, 1.54) is 109 Å². The normalized spacial score (nSPS) is 17.2. The molecule has 3 unspecified atom stereocenters. The monoisotopic (exact) mass is 831 g/mol. The lowest BCUT2D eigenvalue weighted by molar-refractivity contribution is -0.870. The second-order valence-electron chi connectivity index (χ2n) is 17.5. The van der Waals surface area contributed by atoms with Gasteiger partial charge in [0.2, 0.25) is 0 Å². The van der Waals surface area contributed by atoms with Gasteiger partial charge in [-0.3, -0.25) is 18.6 Å². The fraction of sp³-hybridized carbons (Fsp3) is 0.913. The van der Waals surface area contributed by atoms with Gasteiger partial charge in [0.25, 0.3) is 0 Å². The van der Waals surface area contributed by atoms with Gasteiger partial charge in [0.1, 0.15) is 19.8 Å². The van der Waals surface area contributed by atoms with Gasteiger partial charge in [-0.25, -0.2) is 4.57 Å². The molecule has 1 N–H and O–H groups in total. The molecule has 0 saturated carbocycles. The minimum atomic E-state index is -4.38. The fourth-order valence-corrected chi connectivity index (χ4v) is 7.65. The lowest BCUT2D eigenvalue weighted by Crippen LogP contribution is -2.37. The van der Waals surface area contributed by atoms with Crippen LogP contribution in [0.1, 0.15) is 206 Å². The Morgan fingerprint density at radius 1 is 0.632 bits per heavy atom. The van der Waals surface area contributed by atoms with Gasteiger partial charge in [0.05, 0.1) is 40.0 Å². The average molecular weight is 831 g/mol. The van der Waals surface area contributed by atoms with Crippen LogP contribution in [0.15, 0.2) is 12.2 Å². The fourth-order valence-electron chi connectivity index (χ4n) is 6.90. The molecule has 0 aromatic heterocycles. The summed E-state index contributed by atoms with van der Waals surface area (Å²) in [5.41, 5.74) is 0. The van der Waals surface area contributed by atoms with Crippen molar-refractivity contribution in [2.75, 3.05) is 47.5 Å². The quantitative estimate of drug-likeness (QED) is 0.0160. The molecule has 4 atom stereocenters. The van der Waals surface area contributed by atoms with Crippen molar-refractivity contribution in [3.8, 4) is 0 Å². The van der Waals surface area contributed by atoms with Crippen LogP contribution in [0.4, 0.5) is 0 Å². The first kappa shape index (κ1) is 53.7. The van der Waals surface area contributed by atoms with E-state index >= 15 is 0 Å². The van der Waals surface area contributed by atoms with E-state index in [1.54, 1.807) is 0 Å². The molecule has 0 radical (unpaired) electrons. The van der Waals surface area contributed by atoms with Crippen LogP contribution < -0.4 is 0 Å². The highest BCUT2D eigenvalue weighted by Gasteiger charge is 2.36. The van der Waals surface area contributed by atoms with Gasteiger partial charge in [-0.1, -0.05) is 167 Å². The minimum absolute atomic E-state index is 0.0286.